The molecule has 0 aromatic heterocycles. The van der Waals surface area contributed by atoms with Crippen molar-refractivity contribution in [3.8, 4) is 5.75 Å². The fraction of sp³-hybridized carbons (Fsp3) is 0.188. The smallest absolute Gasteiger partial charge is 0.406 e. The van der Waals surface area contributed by atoms with E-state index in [1.807, 2.05) is 0 Å². The van der Waals surface area contributed by atoms with Gasteiger partial charge < -0.3 is 10.1 Å². The lowest BCUT2D eigenvalue weighted by atomic mass is 10.1. The Morgan fingerprint density at radius 1 is 1.08 bits per heavy atom. The Morgan fingerprint density at radius 2 is 1.69 bits per heavy atom. The molecule has 0 unspecified atom stereocenters. The van der Waals surface area contributed by atoms with Crippen molar-refractivity contribution in [2.45, 2.75) is 13.3 Å². The topological polar surface area (TPSA) is 84.5 Å². The summed E-state index contributed by atoms with van der Waals surface area (Å²) in [4.78, 5) is 12.3. The fourth-order valence-corrected chi connectivity index (χ4v) is 2.64. The zero-order valence-corrected chi connectivity index (χ0v) is 14.5. The van der Waals surface area contributed by atoms with Crippen molar-refractivity contribution in [3.05, 3.63) is 53.6 Å². The molecule has 0 spiro atoms. The minimum Gasteiger partial charge on any atom is -0.406 e. The molecule has 0 aliphatic rings. The molecular formula is C16H15F3N2O4S. The average Bonchev–Trinajstić information content (AvgIpc) is 2.48. The Morgan fingerprint density at radius 3 is 2.23 bits per heavy atom. The van der Waals surface area contributed by atoms with Crippen LogP contribution in [0.25, 0.3) is 0 Å². The largest absolute Gasteiger partial charge is 0.573 e. The molecule has 0 fully saturated rings. The lowest BCUT2D eigenvalue weighted by Crippen LogP contribution is -2.17. The summed E-state index contributed by atoms with van der Waals surface area (Å²) in [5.41, 5.74) is 1.31. The van der Waals surface area contributed by atoms with E-state index in [2.05, 4.69) is 14.8 Å². The van der Waals surface area contributed by atoms with E-state index in [-0.39, 0.29) is 16.9 Å². The van der Waals surface area contributed by atoms with Gasteiger partial charge in [0.05, 0.1) is 11.9 Å². The Bertz CT molecular complexity index is 910. The number of halogens is 3. The lowest BCUT2D eigenvalue weighted by Gasteiger charge is -2.11. The van der Waals surface area contributed by atoms with Gasteiger partial charge in [-0.2, -0.15) is 0 Å². The number of amides is 1. The molecule has 0 atom stereocenters. The summed E-state index contributed by atoms with van der Waals surface area (Å²) < 4.78 is 65.1. The number of sulfonamides is 1. The number of rotatable bonds is 5. The summed E-state index contributed by atoms with van der Waals surface area (Å²) in [5.74, 6) is -0.962. The molecule has 1 amide bonds. The number of hydrogen-bond acceptors (Lipinski definition) is 4. The van der Waals surface area contributed by atoms with Gasteiger partial charge >= 0.3 is 6.36 Å². The Kier molecular flexibility index (Phi) is 5.45. The molecule has 0 radical (unpaired) electrons. The van der Waals surface area contributed by atoms with Crippen LogP contribution < -0.4 is 14.8 Å². The minimum atomic E-state index is -4.80. The van der Waals surface area contributed by atoms with Gasteiger partial charge in [0.15, 0.2) is 0 Å². The molecule has 0 bridgehead atoms. The van der Waals surface area contributed by atoms with Crippen LogP contribution in [0.5, 0.6) is 5.75 Å². The van der Waals surface area contributed by atoms with Gasteiger partial charge in [0.1, 0.15) is 5.75 Å². The van der Waals surface area contributed by atoms with Crippen molar-refractivity contribution < 1.29 is 31.1 Å². The third kappa shape index (κ3) is 5.96. The summed E-state index contributed by atoms with van der Waals surface area (Å²) in [5, 5.41) is 2.50. The summed E-state index contributed by atoms with van der Waals surface area (Å²) in [7, 11) is -3.51. The van der Waals surface area contributed by atoms with Crippen LogP contribution in [0.3, 0.4) is 0 Å². The van der Waals surface area contributed by atoms with Gasteiger partial charge in [-0.3, -0.25) is 9.52 Å². The zero-order valence-electron chi connectivity index (χ0n) is 13.7. The van der Waals surface area contributed by atoms with Gasteiger partial charge in [-0.1, -0.05) is 6.07 Å². The Labute approximate surface area is 148 Å². The Hall–Kier alpha value is -2.75. The third-order valence-electron chi connectivity index (χ3n) is 3.14. The highest BCUT2D eigenvalue weighted by Crippen LogP contribution is 2.24. The number of benzene rings is 2. The normalized spacial score (nSPS) is 11.7. The van der Waals surface area contributed by atoms with Crippen LogP contribution in [0.1, 0.15) is 15.9 Å². The van der Waals surface area contributed by atoms with Crippen LogP contribution in [-0.4, -0.2) is 26.9 Å². The molecule has 2 aromatic rings. The average molecular weight is 388 g/mol. The Balaban J connectivity index is 2.13. The first-order valence-electron chi connectivity index (χ1n) is 7.18. The van der Waals surface area contributed by atoms with Crippen LogP contribution in [0.4, 0.5) is 24.5 Å². The molecule has 2 N–H and O–H groups in total. The first-order chi connectivity index (χ1) is 11.9. The molecule has 2 aromatic carbocycles. The molecule has 6 nitrogen and oxygen atoms in total. The number of aryl methyl sites for hydroxylation is 1. The maximum absolute atomic E-state index is 12.3. The number of ether oxygens (including phenoxy) is 1. The van der Waals surface area contributed by atoms with E-state index in [0.29, 0.717) is 5.56 Å². The highest BCUT2D eigenvalue weighted by atomic mass is 32.2. The monoisotopic (exact) mass is 388 g/mol. The number of carbonyl (C=O) groups is 1. The van der Waals surface area contributed by atoms with Gasteiger partial charge in [-0.25, -0.2) is 8.42 Å². The van der Waals surface area contributed by atoms with Crippen molar-refractivity contribution >= 4 is 27.3 Å². The summed E-state index contributed by atoms with van der Waals surface area (Å²) in [6.07, 6.45) is -3.81. The van der Waals surface area contributed by atoms with Crippen molar-refractivity contribution in [3.63, 3.8) is 0 Å². The third-order valence-corrected chi connectivity index (χ3v) is 3.73. The van der Waals surface area contributed by atoms with Gasteiger partial charge in [-0.05, 0) is 48.9 Å². The molecule has 26 heavy (non-hydrogen) atoms. The zero-order chi connectivity index (χ0) is 19.5. The second-order valence-corrected chi connectivity index (χ2v) is 7.18. The molecule has 0 saturated heterocycles. The number of nitrogens with one attached hydrogen (secondary N) is 2. The highest BCUT2D eigenvalue weighted by molar-refractivity contribution is 7.92. The highest BCUT2D eigenvalue weighted by Gasteiger charge is 2.30. The number of alkyl halides is 3. The maximum Gasteiger partial charge on any atom is 0.573 e. The number of carbonyl (C=O) groups excluding carboxylic acids is 1. The first kappa shape index (κ1) is 19.6. The van der Waals surface area contributed by atoms with Crippen LogP contribution in [0.2, 0.25) is 0 Å². The summed E-state index contributed by atoms with van der Waals surface area (Å²) in [6.45, 7) is 1.68. The first-order valence-corrected chi connectivity index (χ1v) is 9.08. The molecule has 140 valence electrons. The molecule has 2 rings (SSSR count). The van der Waals surface area contributed by atoms with Crippen molar-refractivity contribution in [1.82, 2.24) is 0 Å². The maximum atomic E-state index is 12.3. The molecule has 0 aliphatic carbocycles. The predicted molar refractivity (Wildman–Crippen MR) is 90.7 cm³/mol. The number of anilines is 2. The number of hydrogen-bond donors (Lipinski definition) is 2. The van der Waals surface area contributed by atoms with Gasteiger partial charge in [-0.15, -0.1) is 13.2 Å². The van der Waals surface area contributed by atoms with Crippen molar-refractivity contribution in [2.24, 2.45) is 0 Å². The van der Waals surface area contributed by atoms with E-state index in [1.165, 1.54) is 24.3 Å². The van der Waals surface area contributed by atoms with Gasteiger partial charge in [0.25, 0.3) is 5.91 Å². The lowest BCUT2D eigenvalue weighted by molar-refractivity contribution is -0.274. The van der Waals surface area contributed by atoms with E-state index in [1.54, 1.807) is 13.0 Å². The van der Waals surface area contributed by atoms with Crippen molar-refractivity contribution in [1.29, 1.82) is 0 Å². The predicted octanol–water partition coefficient (Wildman–Crippen LogP) is 3.52. The van der Waals surface area contributed by atoms with Crippen LogP contribution in [-0.2, 0) is 10.0 Å². The van der Waals surface area contributed by atoms with E-state index in [0.717, 1.165) is 18.4 Å². The summed E-state index contributed by atoms with van der Waals surface area (Å²) in [6, 6.07) is 9.07. The van der Waals surface area contributed by atoms with Crippen LogP contribution in [0.15, 0.2) is 42.5 Å². The molecular weight excluding hydrogens is 373 g/mol. The second-order valence-electron chi connectivity index (χ2n) is 5.43. The van der Waals surface area contributed by atoms with E-state index >= 15 is 0 Å². The van der Waals surface area contributed by atoms with E-state index in [4.69, 9.17) is 0 Å². The standard InChI is InChI=1S/C16H15F3N2O4S/c1-10-3-4-11(9-14(10)21-26(2,23)24)15(22)20-12-5-7-13(8-6-12)25-16(17,18)19/h3-9,21H,1-2H3,(H,20,22). The summed E-state index contributed by atoms with van der Waals surface area (Å²) >= 11 is 0. The minimum absolute atomic E-state index is 0.178. The van der Waals surface area contributed by atoms with Crippen molar-refractivity contribution in [2.75, 3.05) is 16.3 Å². The molecule has 0 aliphatic heterocycles. The molecule has 0 saturated carbocycles. The molecule has 0 heterocycles. The SMILES string of the molecule is Cc1ccc(C(=O)Nc2ccc(OC(F)(F)F)cc2)cc1NS(C)(=O)=O. The second kappa shape index (κ2) is 7.24. The van der Waals surface area contributed by atoms with Crippen LogP contribution >= 0.6 is 0 Å². The fourth-order valence-electron chi connectivity index (χ4n) is 2.02. The molecule has 10 heteroatoms. The quantitative estimate of drug-likeness (QED) is 0.821. The van der Waals surface area contributed by atoms with E-state index in [9.17, 15) is 26.4 Å². The van der Waals surface area contributed by atoms with Gasteiger partial charge in [0, 0.05) is 11.3 Å². The van der Waals surface area contributed by atoms with E-state index < -0.39 is 28.0 Å². The van der Waals surface area contributed by atoms with Crippen LogP contribution in [0, 0.1) is 6.92 Å². The van der Waals surface area contributed by atoms with Gasteiger partial charge in [0.2, 0.25) is 10.0 Å².